The van der Waals surface area contributed by atoms with E-state index in [1.54, 1.807) is 12.2 Å². The molecule has 0 spiro atoms. The molecule has 1 aromatic rings. The van der Waals surface area contributed by atoms with Crippen molar-refractivity contribution in [2.45, 2.75) is 19.8 Å². The number of benzene rings is 1. The lowest BCUT2D eigenvalue weighted by Crippen LogP contribution is -2.28. The van der Waals surface area contributed by atoms with Gasteiger partial charge in [-0.05, 0) is 37.5 Å². The molecule has 0 bridgehead atoms. The summed E-state index contributed by atoms with van der Waals surface area (Å²) in [6, 6.07) is 8.56. The number of para-hydroxylation sites is 1. The largest absolute Gasteiger partial charge is 0.371 e. The van der Waals surface area contributed by atoms with Gasteiger partial charge in [-0.15, -0.1) is 0 Å². The molecule has 1 aromatic carbocycles. The molecule has 96 valence electrons. The van der Waals surface area contributed by atoms with Crippen LogP contribution in [-0.2, 0) is 11.2 Å². The maximum atomic E-state index is 11.2. The third-order valence-electron chi connectivity index (χ3n) is 3.21. The van der Waals surface area contributed by atoms with Gasteiger partial charge in [0.2, 0.25) is 5.91 Å². The van der Waals surface area contributed by atoms with Crippen molar-refractivity contribution in [3.8, 4) is 0 Å². The minimum absolute atomic E-state index is 0.000628. The molecule has 0 aromatic heterocycles. The Morgan fingerprint density at radius 1 is 1.44 bits per heavy atom. The van der Waals surface area contributed by atoms with Gasteiger partial charge in [-0.2, -0.15) is 0 Å². The van der Waals surface area contributed by atoms with Crippen molar-refractivity contribution in [1.29, 1.82) is 0 Å². The molecule has 2 rings (SSSR count). The molecule has 0 atom stereocenters. The van der Waals surface area contributed by atoms with E-state index in [1.165, 1.54) is 11.3 Å². The zero-order valence-electron chi connectivity index (χ0n) is 10.9. The number of rotatable bonds is 5. The standard InChI is InChI=1S/C15H20N2O/c1-2-6-15(18)16-10-5-11-17-12-9-13-7-3-4-8-14(13)17/h2-4,6-8H,5,9-12H2,1H3,(H,16,18). The smallest absolute Gasteiger partial charge is 0.243 e. The number of hydrogen-bond acceptors (Lipinski definition) is 2. The van der Waals surface area contributed by atoms with E-state index in [2.05, 4.69) is 34.5 Å². The third kappa shape index (κ3) is 3.13. The van der Waals surface area contributed by atoms with Crippen LogP contribution in [0.15, 0.2) is 36.4 Å². The first-order chi connectivity index (χ1) is 8.81. The Labute approximate surface area is 108 Å². The highest BCUT2D eigenvalue weighted by Crippen LogP contribution is 2.26. The summed E-state index contributed by atoms with van der Waals surface area (Å²) < 4.78 is 0. The van der Waals surface area contributed by atoms with Crippen molar-refractivity contribution in [3.63, 3.8) is 0 Å². The van der Waals surface area contributed by atoms with Crippen LogP contribution in [0.5, 0.6) is 0 Å². The number of anilines is 1. The molecule has 1 aliphatic heterocycles. The Morgan fingerprint density at radius 3 is 3.11 bits per heavy atom. The van der Waals surface area contributed by atoms with E-state index in [9.17, 15) is 4.79 Å². The van der Waals surface area contributed by atoms with Gasteiger partial charge in [0.15, 0.2) is 0 Å². The summed E-state index contributed by atoms with van der Waals surface area (Å²) in [5, 5.41) is 2.88. The highest BCUT2D eigenvalue weighted by atomic mass is 16.1. The Morgan fingerprint density at radius 2 is 2.28 bits per heavy atom. The summed E-state index contributed by atoms with van der Waals surface area (Å²) in [4.78, 5) is 13.6. The predicted molar refractivity (Wildman–Crippen MR) is 74.8 cm³/mol. The topological polar surface area (TPSA) is 32.3 Å². The van der Waals surface area contributed by atoms with E-state index in [-0.39, 0.29) is 5.91 Å². The number of allylic oxidation sites excluding steroid dienone is 1. The maximum absolute atomic E-state index is 11.2. The fourth-order valence-electron chi connectivity index (χ4n) is 2.33. The van der Waals surface area contributed by atoms with Crippen molar-refractivity contribution >= 4 is 11.6 Å². The van der Waals surface area contributed by atoms with Crippen LogP contribution in [0.2, 0.25) is 0 Å². The van der Waals surface area contributed by atoms with E-state index < -0.39 is 0 Å². The van der Waals surface area contributed by atoms with Gasteiger partial charge < -0.3 is 10.2 Å². The molecule has 0 aliphatic carbocycles. The number of carbonyl (C=O) groups is 1. The van der Waals surface area contributed by atoms with Crippen molar-refractivity contribution in [1.82, 2.24) is 5.32 Å². The van der Waals surface area contributed by atoms with Crippen molar-refractivity contribution in [3.05, 3.63) is 42.0 Å². The number of nitrogens with zero attached hydrogens (tertiary/aromatic N) is 1. The molecule has 0 unspecified atom stereocenters. The molecule has 1 N–H and O–H groups in total. The first-order valence-electron chi connectivity index (χ1n) is 6.54. The summed E-state index contributed by atoms with van der Waals surface area (Å²) in [5.41, 5.74) is 2.80. The van der Waals surface area contributed by atoms with Crippen LogP contribution in [-0.4, -0.2) is 25.5 Å². The number of amides is 1. The van der Waals surface area contributed by atoms with Crippen LogP contribution in [0, 0.1) is 0 Å². The van der Waals surface area contributed by atoms with E-state index in [0.717, 1.165) is 32.5 Å². The van der Waals surface area contributed by atoms with Crippen LogP contribution in [0.4, 0.5) is 5.69 Å². The number of carbonyl (C=O) groups excluding carboxylic acids is 1. The average Bonchev–Trinajstić information content (AvgIpc) is 2.78. The Hall–Kier alpha value is -1.77. The molecule has 1 heterocycles. The fraction of sp³-hybridized carbons (Fsp3) is 0.400. The van der Waals surface area contributed by atoms with Gasteiger partial charge in [0.1, 0.15) is 0 Å². The molecule has 1 amide bonds. The number of nitrogens with one attached hydrogen (secondary N) is 1. The molecule has 3 nitrogen and oxygen atoms in total. The normalized spacial score (nSPS) is 13.9. The van der Waals surface area contributed by atoms with Gasteiger partial charge in [-0.3, -0.25) is 4.79 Å². The van der Waals surface area contributed by atoms with Gasteiger partial charge >= 0.3 is 0 Å². The highest BCUT2D eigenvalue weighted by Gasteiger charge is 2.17. The second-order valence-electron chi connectivity index (χ2n) is 4.51. The van der Waals surface area contributed by atoms with Gasteiger partial charge in [0.05, 0.1) is 0 Å². The van der Waals surface area contributed by atoms with Crippen molar-refractivity contribution in [2.75, 3.05) is 24.5 Å². The molecule has 3 heteroatoms. The summed E-state index contributed by atoms with van der Waals surface area (Å²) in [7, 11) is 0. The Balaban J connectivity index is 1.74. The van der Waals surface area contributed by atoms with Crippen molar-refractivity contribution in [2.24, 2.45) is 0 Å². The van der Waals surface area contributed by atoms with Crippen LogP contribution in [0.25, 0.3) is 0 Å². The van der Waals surface area contributed by atoms with Gasteiger partial charge in [-0.25, -0.2) is 0 Å². The van der Waals surface area contributed by atoms with Crippen LogP contribution in [0.3, 0.4) is 0 Å². The first kappa shape index (κ1) is 12.7. The molecule has 0 saturated carbocycles. The molecule has 0 radical (unpaired) electrons. The fourth-order valence-corrected chi connectivity index (χ4v) is 2.33. The molecular formula is C15H20N2O. The van der Waals surface area contributed by atoms with Crippen molar-refractivity contribution < 1.29 is 4.79 Å². The van der Waals surface area contributed by atoms with Crippen LogP contribution in [0.1, 0.15) is 18.9 Å². The van der Waals surface area contributed by atoms with Gasteiger partial charge in [0, 0.05) is 25.3 Å². The number of fused-ring (bicyclic) bond motifs is 1. The van der Waals surface area contributed by atoms with E-state index >= 15 is 0 Å². The average molecular weight is 244 g/mol. The zero-order valence-corrected chi connectivity index (χ0v) is 10.9. The summed E-state index contributed by atoms with van der Waals surface area (Å²) in [5.74, 6) is -0.000628. The van der Waals surface area contributed by atoms with Crippen LogP contribution >= 0.6 is 0 Å². The minimum atomic E-state index is -0.000628. The summed E-state index contributed by atoms with van der Waals surface area (Å²) >= 11 is 0. The molecule has 18 heavy (non-hydrogen) atoms. The summed E-state index contributed by atoms with van der Waals surface area (Å²) in [6.07, 6.45) is 5.44. The predicted octanol–water partition coefficient (Wildman–Crippen LogP) is 2.13. The van der Waals surface area contributed by atoms with E-state index in [4.69, 9.17) is 0 Å². The van der Waals surface area contributed by atoms with Gasteiger partial charge in [0.25, 0.3) is 0 Å². The minimum Gasteiger partial charge on any atom is -0.371 e. The molecular weight excluding hydrogens is 224 g/mol. The first-order valence-corrected chi connectivity index (χ1v) is 6.54. The van der Waals surface area contributed by atoms with E-state index in [0.29, 0.717) is 0 Å². The second kappa shape index (κ2) is 6.24. The quantitative estimate of drug-likeness (QED) is 0.635. The highest BCUT2D eigenvalue weighted by molar-refractivity contribution is 5.87. The zero-order chi connectivity index (χ0) is 12.8. The Kier molecular flexibility index (Phi) is 4.40. The van der Waals surface area contributed by atoms with Gasteiger partial charge in [-0.1, -0.05) is 24.3 Å². The summed E-state index contributed by atoms with van der Waals surface area (Å²) in [6.45, 7) is 4.69. The SMILES string of the molecule is CC=CC(=O)NCCCN1CCc2ccccc21. The molecule has 0 saturated heterocycles. The molecule has 1 aliphatic rings. The maximum Gasteiger partial charge on any atom is 0.243 e. The lowest BCUT2D eigenvalue weighted by Gasteiger charge is -2.19. The lowest BCUT2D eigenvalue weighted by molar-refractivity contribution is -0.116. The number of hydrogen-bond donors (Lipinski definition) is 1. The Bertz CT molecular complexity index is 440. The second-order valence-corrected chi connectivity index (χ2v) is 4.51. The third-order valence-corrected chi connectivity index (χ3v) is 3.21. The van der Waals surface area contributed by atoms with Crippen LogP contribution < -0.4 is 10.2 Å². The monoisotopic (exact) mass is 244 g/mol. The lowest BCUT2D eigenvalue weighted by atomic mass is 10.2. The van der Waals surface area contributed by atoms with E-state index in [1.807, 2.05) is 6.92 Å². The molecule has 0 fully saturated rings.